The lowest BCUT2D eigenvalue weighted by molar-refractivity contribution is -0.134. The van der Waals surface area contributed by atoms with Crippen LogP contribution in [-0.2, 0) is 14.4 Å². The maximum atomic E-state index is 12.0. The summed E-state index contributed by atoms with van der Waals surface area (Å²) in [6.07, 6.45) is 0.0612. The molecule has 1 aromatic carbocycles. The van der Waals surface area contributed by atoms with Crippen molar-refractivity contribution < 1.29 is 19.5 Å². The molecule has 0 spiro atoms. The number of para-hydroxylation sites is 1. The molecule has 0 bridgehead atoms. The van der Waals surface area contributed by atoms with Gasteiger partial charge in [0.15, 0.2) is 0 Å². The first kappa shape index (κ1) is 12.6. The zero-order valence-electron chi connectivity index (χ0n) is 9.41. The minimum absolute atomic E-state index is 0.0612. The lowest BCUT2D eigenvalue weighted by Crippen LogP contribution is -2.31. The van der Waals surface area contributed by atoms with Crippen molar-refractivity contribution in [1.29, 1.82) is 0 Å². The van der Waals surface area contributed by atoms with E-state index in [0.29, 0.717) is 5.69 Å². The van der Waals surface area contributed by atoms with Gasteiger partial charge >= 0.3 is 5.97 Å². The van der Waals surface area contributed by atoms with Crippen molar-refractivity contribution in [3.05, 3.63) is 30.3 Å². The number of thioether (sulfide) groups is 1. The number of hydrogen-bond donors (Lipinski definition) is 1. The smallest absolute Gasteiger partial charge is 0.313 e. The maximum absolute atomic E-state index is 12.0. The molecule has 1 aliphatic rings. The summed E-state index contributed by atoms with van der Waals surface area (Å²) in [5.41, 5.74) is 0.533. The fraction of sp³-hybridized carbons (Fsp3) is 0.250. The van der Waals surface area contributed by atoms with Gasteiger partial charge in [-0.25, -0.2) is 4.90 Å². The Hall–Kier alpha value is -1.82. The van der Waals surface area contributed by atoms with Crippen LogP contribution in [-0.4, -0.2) is 33.9 Å². The molecule has 5 nitrogen and oxygen atoms in total. The Kier molecular flexibility index (Phi) is 3.66. The van der Waals surface area contributed by atoms with E-state index in [-0.39, 0.29) is 24.0 Å². The van der Waals surface area contributed by atoms with E-state index in [4.69, 9.17) is 5.11 Å². The highest BCUT2D eigenvalue weighted by Gasteiger charge is 2.39. The predicted molar refractivity (Wildman–Crippen MR) is 67.4 cm³/mol. The zero-order valence-corrected chi connectivity index (χ0v) is 10.2. The highest BCUT2D eigenvalue weighted by atomic mass is 32.2. The maximum Gasteiger partial charge on any atom is 0.313 e. The van der Waals surface area contributed by atoms with E-state index in [0.717, 1.165) is 16.7 Å². The van der Waals surface area contributed by atoms with E-state index in [2.05, 4.69) is 0 Å². The minimum Gasteiger partial charge on any atom is -0.481 e. The van der Waals surface area contributed by atoms with Gasteiger partial charge in [-0.05, 0) is 12.1 Å². The average molecular weight is 265 g/mol. The Labute approximate surface area is 108 Å². The van der Waals surface area contributed by atoms with Gasteiger partial charge in [0.25, 0.3) is 0 Å². The van der Waals surface area contributed by atoms with Crippen molar-refractivity contribution in [3.8, 4) is 0 Å². The van der Waals surface area contributed by atoms with E-state index in [1.165, 1.54) is 0 Å². The summed E-state index contributed by atoms with van der Waals surface area (Å²) >= 11 is 0.991. The fourth-order valence-electron chi connectivity index (χ4n) is 1.75. The molecule has 0 unspecified atom stereocenters. The molecule has 6 heteroatoms. The third kappa shape index (κ3) is 2.53. The van der Waals surface area contributed by atoms with Crippen LogP contribution in [0.1, 0.15) is 6.42 Å². The number of amides is 2. The first-order valence-corrected chi connectivity index (χ1v) is 6.39. The number of rotatable bonds is 4. The molecule has 94 valence electrons. The van der Waals surface area contributed by atoms with E-state index in [1.54, 1.807) is 30.3 Å². The largest absolute Gasteiger partial charge is 0.481 e. The quantitative estimate of drug-likeness (QED) is 0.826. The Morgan fingerprint density at radius 3 is 2.61 bits per heavy atom. The highest BCUT2D eigenvalue weighted by Crippen LogP contribution is 2.29. The van der Waals surface area contributed by atoms with Crippen LogP contribution in [0.5, 0.6) is 0 Å². The molecule has 1 aromatic rings. The number of carbonyl (C=O) groups is 3. The van der Waals surface area contributed by atoms with Gasteiger partial charge in [-0.15, -0.1) is 11.8 Å². The lowest BCUT2D eigenvalue weighted by atomic mass is 10.3. The summed E-state index contributed by atoms with van der Waals surface area (Å²) in [6, 6.07) is 8.65. The van der Waals surface area contributed by atoms with Gasteiger partial charge in [0.1, 0.15) is 0 Å². The standard InChI is InChI=1S/C12H11NO4S/c14-10-6-9(18-7-11(15)16)12(17)13(10)8-4-2-1-3-5-8/h1-5,9H,6-7H2,(H,15,16)/t9-/m1/s1. The van der Waals surface area contributed by atoms with Gasteiger partial charge in [0, 0.05) is 6.42 Å². The zero-order chi connectivity index (χ0) is 13.1. The van der Waals surface area contributed by atoms with E-state index >= 15 is 0 Å². The molecule has 1 atom stereocenters. The third-order valence-corrected chi connectivity index (χ3v) is 3.71. The van der Waals surface area contributed by atoms with Gasteiger partial charge in [0.2, 0.25) is 11.8 Å². The number of carboxylic acids is 1. The number of nitrogens with zero attached hydrogens (tertiary/aromatic N) is 1. The molecule has 2 amide bonds. The summed E-state index contributed by atoms with van der Waals surface area (Å²) in [6.45, 7) is 0. The van der Waals surface area contributed by atoms with Crippen LogP contribution in [0.25, 0.3) is 0 Å². The molecular weight excluding hydrogens is 254 g/mol. The van der Waals surface area contributed by atoms with Crippen LogP contribution in [0.15, 0.2) is 30.3 Å². The molecule has 0 radical (unpaired) electrons. The molecular formula is C12H11NO4S. The van der Waals surface area contributed by atoms with Gasteiger partial charge in [-0.3, -0.25) is 14.4 Å². The van der Waals surface area contributed by atoms with Gasteiger partial charge < -0.3 is 5.11 Å². The van der Waals surface area contributed by atoms with Crippen LogP contribution in [0.4, 0.5) is 5.69 Å². The molecule has 1 aliphatic heterocycles. The monoisotopic (exact) mass is 265 g/mol. The number of benzene rings is 1. The van der Waals surface area contributed by atoms with Crippen molar-refractivity contribution in [2.24, 2.45) is 0 Å². The van der Waals surface area contributed by atoms with Crippen LogP contribution in [0, 0.1) is 0 Å². The highest BCUT2D eigenvalue weighted by molar-refractivity contribution is 8.01. The number of carboxylic acid groups (broad SMARTS) is 1. The van der Waals surface area contributed by atoms with Gasteiger partial charge in [0.05, 0.1) is 16.7 Å². The summed E-state index contributed by atoms with van der Waals surface area (Å²) in [4.78, 5) is 35.4. The van der Waals surface area contributed by atoms with Crippen molar-refractivity contribution in [1.82, 2.24) is 0 Å². The number of carbonyl (C=O) groups excluding carboxylic acids is 2. The lowest BCUT2D eigenvalue weighted by Gasteiger charge is -2.14. The molecule has 1 saturated heterocycles. The van der Waals surface area contributed by atoms with Crippen molar-refractivity contribution in [2.75, 3.05) is 10.7 Å². The van der Waals surface area contributed by atoms with Crippen LogP contribution in [0.2, 0.25) is 0 Å². The summed E-state index contributed by atoms with van der Waals surface area (Å²) < 4.78 is 0. The Morgan fingerprint density at radius 1 is 1.33 bits per heavy atom. The number of hydrogen-bond acceptors (Lipinski definition) is 4. The average Bonchev–Trinajstić information content (AvgIpc) is 2.63. The SMILES string of the molecule is O=C(O)CS[C@@H]1CC(=O)N(c2ccccc2)C1=O. The summed E-state index contributed by atoms with van der Waals surface area (Å²) in [7, 11) is 0. The van der Waals surface area contributed by atoms with Crippen LogP contribution >= 0.6 is 11.8 Å². The van der Waals surface area contributed by atoms with Crippen molar-refractivity contribution in [2.45, 2.75) is 11.7 Å². The Morgan fingerprint density at radius 2 is 2.00 bits per heavy atom. The summed E-state index contributed by atoms with van der Waals surface area (Å²) in [5.74, 6) is -1.78. The second-order valence-electron chi connectivity index (χ2n) is 3.80. The van der Waals surface area contributed by atoms with E-state index in [9.17, 15) is 14.4 Å². The second kappa shape index (κ2) is 5.22. The van der Waals surface area contributed by atoms with E-state index in [1.807, 2.05) is 0 Å². The predicted octanol–water partition coefficient (Wildman–Crippen LogP) is 1.14. The van der Waals surface area contributed by atoms with Crippen molar-refractivity contribution in [3.63, 3.8) is 0 Å². The number of imide groups is 1. The van der Waals surface area contributed by atoms with Crippen LogP contribution in [0.3, 0.4) is 0 Å². The molecule has 2 rings (SSSR count). The molecule has 0 aliphatic carbocycles. The Balaban J connectivity index is 2.12. The van der Waals surface area contributed by atoms with Gasteiger partial charge in [-0.1, -0.05) is 18.2 Å². The first-order chi connectivity index (χ1) is 8.59. The third-order valence-electron chi connectivity index (χ3n) is 2.53. The number of anilines is 1. The minimum atomic E-state index is -0.988. The Bertz CT molecular complexity index is 488. The molecule has 0 aromatic heterocycles. The molecule has 1 heterocycles. The molecule has 18 heavy (non-hydrogen) atoms. The van der Waals surface area contributed by atoms with E-state index < -0.39 is 11.2 Å². The number of aliphatic carboxylic acids is 1. The second-order valence-corrected chi connectivity index (χ2v) is 4.99. The summed E-state index contributed by atoms with van der Waals surface area (Å²) in [5, 5.41) is 7.99. The molecule has 1 N–H and O–H groups in total. The fourth-order valence-corrected chi connectivity index (χ4v) is 2.61. The molecule has 0 saturated carbocycles. The molecule has 1 fully saturated rings. The first-order valence-electron chi connectivity index (χ1n) is 5.35. The van der Waals surface area contributed by atoms with Gasteiger partial charge in [-0.2, -0.15) is 0 Å². The van der Waals surface area contributed by atoms with Crippen molar-refractivity contribution >= 4 is 35.2 Å². The van der Waals surface area contributed by atoms with Crippen LogP contribution < -0.4 is 4.90 Å². The normalized spacial score (nSPS) is 19.3. The topological polar surface area (TPSA) is 74.7 Å².